The van der Waals surface area contributed by atoms with Gasteiger partial charge in [-0.25, -0.2) is 0 Å². The van der Waals surface area contributed by atoms with Gasteiger partial charge in [0, 0.05) is 11.6 Å². The maximum absolute atomic E-state index is 12.3. The van der Waals surface area contributed by atoms with Crippen LogP contribution in [0.1, 0.15) is 31.2 Å². The quantitative estimate of drug-likeness (QED) is 0.797. The highest BCUT2D eigenvalue weighted by atomic mass is 16.2. The number of nitrogens with one attached hydrogen (secondary N) is 1. The van der Waals surface area contributed by atoms with E-state index in [0.29, 0.717) is 11.8 Å². The van der Waals surface area contributed by atoms with Gasteiger partial charge in [0.1, 0.15) is 0 Å². The first-order chi connectivity index (χ1) is 9.25. The van der Waals surface area contributed by atoms with Gasteiger partial charge in [-0.05, 0) is 56.6 Å². The van der Waals surface area contributed by atoms with Crippen LogP contribution in [0.4, 0.5) is 5.69 Å². The van der Waals surface area contributed by atoms with Gasteiger partial charge in [-0.3, -0.25) is 4.79 Å². The van der Waals surface area contributed by atoms with Gasteiger partial charge in [0.15, 0.2) is 0 Å². The lowest BCUT2D eigenvalue weighted by Crippen LogP contribution is -2.15. The van der Waals surface area contributed by atoms with Crippen LogP contribution in [0.3, 0.4) is 0 Å². The lowest BCUT2D eigenvalue weighted by molar-refractivity contribution is -0.117. The highest BCUT2D eigenvalue weighted by Crippen LogP contribution is 2.53. The van der Waals surface area contributed by atoms with Gasteiger partial charge in [0.2, 0.25) is 5.91 Å². The fourth-order valence-corrected chi connectivity index (χ4v) is 3.30. The van der Waals surface area contributed by atoms with E-state index in [2.05, 4.69) is 24.4 Å². The van der Waals surface area contributed by atoms with E-state index < -0.39 is 0 Å². The molecule has 2 nitrogen and oxygen atoms in total. The minimum atomic E-state index is 0.223. The van der Waals surface area contributed by atoms with Gasteiger partial charge < -0.3 is 5.32 Å². The third-order valence-corrected chi connectivity index (χ3v) is 4.45. The van der Waals surface area contributed by atoms with Crippen molar-refractivity contribution in [3.63, 3.8) is 0 Å². The minimum Gasteiger partial charge on any atom is -0.326 e. The lowest BCUT2D eigenvalue weighted by Gasteiger charge is -2.05. The van der Waals surface area contributed by atoms with Crippen molar-refractivity contribution < 1.29 is 4.79 Å². The number of rotatable bonds is 2. The normalized spacial score (nSPS) is 30.7. The molecule has 1 aromatic carbocycles. The Kier molecular flexibility index (Phi) is 3.41. The van der Waals surface area contributed by atoms with Gasteiger partial charge in [0.05, 0.1) is 0 Å². The lowest BCUT2D eigenvalue weighted by atomic mass is 10.1. The molecule has 0 radical (unpaired) electrons. The molecule has 1 amide bonds. The fourth-order valence-electron chi connectivity index (χ4n) is 3.30. The Hall–Kier alpha value is -1.57. The van der Waals surface area contributed by atoms with Gasteiger partial charge in [-0.15, -0.1) is 0 Å². The van der Waals surface area contributed by atoms with Crippen molar-refractivity contribution in [1.82, 2.24) is 0 Å². The van der Waals surface area contributed by atoms with Crippen molar-refractivity contribution in [3.05, 3.63) is 42.0 Å². The number of carbonyl (C=O) groups excluding carboxylic acids is 1. The SMILES string of the molecule is Cc1ccc(NC(=O)C2[C@H]3CC/C=C/CC[C@@H]23)cc1. The Labute approximate surface area is 114 Å². The summed E-state index contributed by atoms with van der Waals surface area (Å²) in [7, 11) is 0. The van der Waals surface area contributed by atoms with E-state index in [-0.39, 0.29) is 11.8 Å². The third kappa shape index (κ3) is 2.73. The van der Waals surface area contributed by atoms with Crippen LogP contribution in [0.15, 0.2) is 36.4 Å². The standard InChI is InChI=1S/C17H21NO/c1-12-8-10-13(11-9-12)18-17(19)16-14-6-4-2-3-5-7-15(14)16/h2-3,8-11,14-16H,4-7H2,1H3,(H,18,19)/b3-2+/t14-,15+,16?. The van der Waals surface area contributed by atoms with Crippen molar-refractivity contribution in [2.24, 2.45) is 17.8 Å². The molecule has 2 aliphatic carbocycles. The molecule has 0 spiro atoms. The molecule has 100 valence electrons. The summed E-state index contributed by atoms with van der Waals surface area (Å²) < 4.78 is 0. The molecular formula is C17H21NO. The number of fused-ring (bicyclic) bond motifs is 1. The summed E-state index contributed by atoms with van der Waals surface area (Å²) in [6, 6.07) is 8.05. The van der Waals surface area contributed by atoms with Crippen LogP contribution in [0.5, 0.6) is 0 Å². The van der Waals surface area contributed by atoms with Crippen molar-refractivity contribution in [3.8, 4) is 0 Å². The smallest absolute Gasteiger partial charge is 0.228 e. The van der Waals surface area contributed by atoms with Crippen LogP contribution in [0, 0.1) is 24.7 Å². The van der Waals surface area contributed by atoms with E-state index in [1.807, 2.05) is 24.3 Å². The van der Waals surface area contributed by atoms with E-state index in [9.17, 15) is 4.79 Å². The number of aryl methyl sites for hydroxylation is 1. The molecule has 1 fully saturated rings. The number of carbonyl (C=O) groups is 1. The minimum absolute atomic E-state index is 0.223. The molecule has 1 aromatic rings. The summed E-state index contributed by atoms with van der Waals surface area (Å²) in [6.07, 6.45) is 9.15. The fraction of sp³-hybridized carbons (Fsp3) is 0.471. The zero-order valence-electron chi connectivity index (χ0n) is 11.4. The molecule has 0 bridgehead atoms. The second-order valence-electron chi connectivity index (χ2n) is 5.83. The monoisotopic (exact) mass is 255 g/mol. The molecule has 2 heteroatoms. The van der Waals surface area contributed by atoms with Gasteiger partial charge in [-0.2, -0.15) is 0 Å². The predicted molar refractivity (Wildman–Crippen MR) is 77.9 cm³/mol. The predicted octanol–water partition coefficient (Wildman–Crippen LogP) is 3.93. The highest BCUT2D eigenvalue weighted by Gasteiger charge is 2.53. The number of amides is 1. The van der Waals surface area contributed by atoms with Gasteiger partial charge in [-0.1, -0.05) is 29.8 Å². The summed E-state index contributed by atoms with van der Waals surface area (Å²) in [5.41, 5.74) is 2.14. The molecule has 0 aromatic heterocycles. The third-order valence-electron chi connectivity index (χ3n) is 4.45. The molecule has 0 aliphatic heterocycles. The Bertz CT molecular complexity index is 472. The zero-order valence-corrected chi connectivity index (χ0v) is 11.4. The van der Waals surface area contributed by atoms with Crippen LogP contribution in [0.25, 0.3) is 0 Å². The summed E-state index contributed by atoms with van der Waals surface area (Å²) in [6.45, 7) is 2.06. The van der Waals surface area contributed by atoms with Crippen LogP contribution in [0.2, 0.25) is 0 Å². The van der Waals surface area contributed by atoms with E-state index in [0.717, 1.165) is 18.5 Å². The summed E-state index contributed by atoms with van der Waals surface area (Å²) in [5.74, 6) is 1.72. The summed E-state index contributed by atoms with van der Waals surface area (Å²) in [5, 5.41) is 3.07. The molecule has 2 aliphatic rings. The maximum Gasteiger partial charge on any atom is 0.228 e. The number of benzene rings is 1. The number of anilines is 1. The molecule has 3 atom stereocenters. The molecule has 1 saturated carbocycles. The molecule has 1 N–H and O–H groups in total. The molecular weight excluding hydrogens is 234 g/mol. The Balaban J connectivity index is 1.61. The zero-order chi connectivity index (χ0) is 13.2. The van der Waals surface area contributed by atoms with Gasteiger partial charge >= 0.3 is 0 Å². The van der Waals surface area contributed by atoms with Crippen LogP contribution in [-0.2, 0) is 4.79 Å². The topological polar surface area (TPSA) is 29.1 Å². The molecule has 19 heavy (non-hydrogen) atoms. The second-order valence-corrected chi connectivity index (χ2v) is 5.83. The van der Waals surface area contributed by atoms with E-state index >= 15 is 0 Å². The average molecular weight is 255 g/mol. The van der Waals surface area contributed by atoms with Crippen molar-refractivity contribution in [2.45, 2.75) is 32.6 Å². The summed E-state index contributed by atoms with van der Waals surface area (Å²) >= 11 is 0. The van der Waals surface area contributed by atoms with Crippen LogP contribution >= 0.6 is 0 Å². The Morgan fingerprint density at radius 2 is 1.63 bits per heavy atom. The van der Waals surface area contributed by atoms with E-state index in [4.69, 9.17) is 0 Å². The second kappa shape index (κ2) is 5.20. The molecule has 0 saturated heterocycles. The summed E-state index contributed by atoms with van der Waals surface area (Å²) in [4.78, 5) is 12.3. The van der Waals surface area contributed by atoms with E-state index in [1.54, 1.807) is 0 Å². The Morgan fingerprint density at radius 1 is 1.05 bits per heavy atom. The average Bonchev–Trinajstić information content (AvgIpc) is 3.03. The molecule has 1 unspecified atom stereocenters. The Morgan fingerprint density at radius 3 is 2.21 bits per heavy atom. The maximum atomic E-state index is 12.3. The van der Waals surface area contributed by atoms with E-state index in [1.165, 1.54) is 18.4 Å². The number of hydrogen-bond acceptors (Lipinski definition) is 1. The first kappa shape index (κ1) is 12.5. The number of allylic oxidation sites excluding steroid dienone is 2. The van der Waals surface area contributed by atoms with Crippen molar-refractivity contribution >= 4 is 11.6 Å². The largest absolute Gasteiger partial charge is 0.326 e. The number of hydrogen-bond donors (Lipinski definition) is 1. The van der Waals surface area contributed by atoms with Crippen molar-refractivity contribution in [1.29, 1.82) is 0 Å². The van der Waals surface area contributed by atoms with Crippen LogP contribution < -0.4 is 5.32 Å². The highest BCUT2D eigenvalue weighted by molar-refractivity contribution is 5.94. The molecule has 3 rings (SSSR count). The van der Waals surface area contributed by atoms with Crippen LogP contribution in [-0.4, -0.2) is 5.91 Å². The first-order valence-corrected chi connectivity index (χ1v) is 7.28. The van der Waals surface area contributed by atoms with Gasteiger partial charge in [0.25, 0.3) is 0 Å². The molecule has 0 heterocycles. The van der Waals surface area contributed by atoms with Crippen molar-refractivity contribution in [2.75, 3.05) is 5.32 Å². The first-order valence-electron chi connectivity index (χ1n) is 7.28.